The molecule has 4 rings (SSSR count). The second-order valence-electron chi connectivity index (χ2n) is 7.85. The molecule has 0 N–H and O–H groups in total. The fraction of sp³-hybridized carbons (Fsp3) is 0.579. The fourth-order valence-electron chi connectivity index (χ4n) is 4.15. The van der Waals surface area contributed by atoms with Gasteiger partial charge in [-0.25, -0.2) is 19.7 Å². The maximum absolute atomic E-state index is 11.7. The second-order valence-corrected chi connectivity index (χ2v) is 7.85. The molecule has 7 heteroatoms. The molecule has 2 unspecified atom stereocenters. The highest BCUT2D eigenvalue weighted by molar-refractivity contribution is 5.41. The highest BCUT2D eigenvalue weighted by atomic mass is 16.1. The van der Waals surface area contributed by atoms with Crippen LogP contribution in [0, 0.1) is 11.8 Å². The Morgan fingerprint density at radius 1 is 1.12 bits per heavy atom. The molecular weight excluding hydrogens is 328 g/mol. The number of rotatable bonds is 4. The highest BCUT2D eigenvalue weighted by Crippen LogP contribution is 2.34. The Balaban J connectivity index is 1.40. The number of hydrogen-bond donors (Lipinski definition) is 0. The van der Waals surface area contributed by atoms with Crippen molar-refractivity contribution >= 4 is 5.82 Å². The van der Waals surface area contributed by atoms with Crippen molar-refractivity contribution < 1.29 is 0 Å². The molecule has 7 nitrogen and oxygen atoms in total. The first-order valence-corrected chi connectivity index (χ1v) is 9.31. The molecule has 0 spiro atoms. The molecule has 2 aliphatic rings. The molecule has 0 radical (unpaired) electrons. The molecule has 2 fully saturated rings. The van der Waals surface area contributed by atoms with E-state index in [1.807, 2.05) is 6.07 Å². The van der Waals surface area contributed by atoms with Gasteiger partial charge in [-0.2, -0.15) is 0 Å². The molecular formula is C19H26N6O. The standard InChI is InChI=1S/C19H26N6O/c1-13(2)17-6-18(22-12-21-17)25-9-14-7-24(8-15(14)10-25)11-16-4-5-20-19(26)23(16)3/h4-6,12-15H,7-11H2,1-3H3. The Bertz CT molecular complexity index is 834. The predicted octanol–water partition coefficient (Wildman–Crippen LogP) is 1.26. The van der Waals surface area contributed by atoms with Gasteiger partial charge in [0.15, 0.2) is 0 Å². The van der Waals surface area contributed by atoms with Gasteiger partial charge in [-0.05, 0) is 23.8 Å². The van der Waals surface area contributed by atoms with E-state index in [1.54, 1.807) is 24.1 Å². The van der Waals surface area contributed by atoms with E-state index in [-0.39, 0.29) is 5.69 Å². The lowest BCUT2D eigenvalue weighted by Gasteiger charge is -2.23. The lowest BCUT2D eigenvalue weighted by molar-refractivity contribution is 0.300. The van der Waals surface area contributed by atoms with Gasteiger partial charge in [0.25, 0.3) is 0 Å². The molecule has 2 atom stereocenters. The number of nitrogens with zero attached hydrogens (tertiary/aromatic N) is 6. The van der Waals surface area contributed by atoms with Crippen LogP contribution in [-0.2, 0) is 13.6 Å². The number of anilines is 1. The molecule has 2 aliphatic heterocycles. The topological polar surface area (TPSA) is 67.2 Å². The van der Waals surface area contributed by atoms with Crippen LogP contribution in [0.2, 0.25) is 0 Å². The molecule has 2 saturated heterocycles. The third kappa shape index (κ3) is 3.23. The Morgan fingerprint density at radius 2 is 1.85 bits per heavy atom. The summed E-state index contributed by atoms with van der Waals surface area (Å²) in [4.78, 5) is 29.2. The van der Waals surface area contributed by atoms with Gasteiger partial charge in [-0.15, -0.1) is 0 Å². The van der Waals surface area contributed by atoms with Gasteiger partial charge in [-0.1, -0.05) is 13.8 Å². The molecule has 138 valence electrons. The Morgan fingerprint density at radius 3 is 2.54 bits per heavy atom. The zero-order valence-corrected chi connectivity index (χ0v) is 15.7. The van der Waals surface area contributed by atoms with Crippen LogP contribution in [0.25, 0.3) is 0 Å². The zero-order valence-electron chi connectivity index (χ0n) is 15.7. The van der Waals surface area contributed by atoms with Gasteiger partial charge < -0.3 is 4.90 Å². The van der Waals surface area contributed by atoms with Crippen LogP contribution in [0.3, 0.4) is 0 Å². The molecule has 2 aromatic heterocycles. The SMILES string of the molecule is CC(C)c1cc(N2CC3CN(Cc4ccnc(=O)n4C)CC3C2)ncn1. The first-order chi connectivity index (χ1) is 12.5. The van der Waals surface area contributed by atoms with Crippen LogP contribution < -0.4 is 10.6 Å². The summed E-state index contributed by atoms with van der Waals surface area (Å²) in [5.74, 6) is 2.79. The van der Waals surface area contributed by atoms with Crippen molar-refractivity contribution in [2.45, 2.75) is 26.3 Å². The minimum Gasteiger partial charge on any atom is -0.356 e. The van der Waals surface area contributed by atoms with Gasteiger partial charge in [0.1, 0.15) is 12.1 Å². The van der Waals surface area contributed by atoms with E-state index in [4.69, 9.17) is 0 Å². The number of hydrogen-bond acceptors (Lipinski definition) is 6. The number of fused-ring (bicyclic) bond motifs is 1. The van der Waals surface area contributed by atoms with Gasteiger partial charge in [0.05, 0.1) is 0 Å². The Labute approximate surface area is 153 Å². The van der Waals surface area contributed by atoms with Crippen LogP contribution in [0.4, 0.5) is 5.82 Å². The maximum atomic E-state index is 11.7. The van der Waals surface area contributed by atoms with E-state index in [1.165, 1.54) is 0 Å². The van der Waals surface area contributed by atoms with Crippen molar-refractivity contribution in [3.63, 3.8) is 0 Å². The van der Waals surface area contributed by atoms with E-state index in [0.717, 1.165) is 49.9 Å². The smallest absolute Gasteiger partial charge is 0.347 e. The van der Waals surface area contributed by atoms with Crippen LogP contribution in [-0.4, -0.2) is 50.6 Å². The van der Waals surface area contributed by atoms with Crippen LogP contribution in [0.5, 0.6) is 0 Å². The summed E-state index contributed by atoms with van der Waals surface area (Å²) in [6, 6.07) is 4.08. The monoisotopic (exact) mass is 354 g/mol. The summed E-state index contributed by atoms with van der Waals surface area (Å²) in [6.07, 6.45) is 3.30. The van der Waals surface area contributed by atoms with E-state index in [9.17, 15) is 4.79 Å². The summed E-state index contributed by atoms with van der Waals surface area (Å²) in [5, 5.41) is 0. The molecule has 0 aromatic carbocycles. The number of aromatic nitrogens is 4. The van der Waals surface area contributed by atoms with E-state index in [0.29, 0.717) is 17.8 Å². The summed E-state index contributed by atoms with van der Waals surface area (Å²) >= 11 is 0. The third-order valence-electron chi connectivity index (χ3n) is 5.71. The average molecular weight is 354 g/mol. The first kappa shape index (κ1) is 17.1. The summed E-state index contributed by atoms with van der Waals surface area (Å²) in [7, 11) is 1.80. The summed E-state index contributed by atoms with van der Waals surface area (Å²) in [5.41, 5.74) is 1.95. The molecule has 0 bridgehead atoms. The quantitative estimate of drug-likeness (QED) is 0.824. The fourth-order valence-corrected chi connectivity index (χ4v) is 4.15. The largest absolute Gasteiger partial charge is 0.356 e. The van der Waals surface area contributed by atoms with Crippen molar-refractivity contribution in [2.75, 3.05) is 31.1 Å². The number of likely N-dealkylation sites (tertiary alicyclic amines) is 1. The molecule has 0 saturated carbocycles. The molecule has 0 amide bonds. The van der Waals surface area contributed by atoms with Crippen LogP contribution >= 0.6 is 0 Å². The predicted molar refractivity (Wildman–Crippen MR) is 100 cm³/mol. The minimum absolute atomic E-state index is 0.183. The molecule has 4 heterocycles. The lowest BCUT2D eigenvalue weighted by atomic mass is 10.0. The molecule has 0 aliphatic carbocycles. The highest BCUT2D eigenvalue weighted by Gasteiger charge is 2.40. The van der Waals surface area contributed by atoms with Crippen LogP contribution in [0.1, 0.15) is 31.2 Å². The van der Waals surface area contributed by atoms with Gasteiger partial charge in [0.2, 0.25) is 0 Å². The lowest BCUT2D eigenvalue weighted by Crippen LogP contribution is -2.31. The molecule has 2 aromatic rings. The maximum Gasteiger partial charge on any atom is 0.347 e. The zero-order chi connectivity index (χ0) is 18.3. The minimum atomic E-state index is -0.183. The first-order valence-electron chi connectivity index (χ1n) is 9.31. The third-order valence-corrected chi connectivity index (χ3v) is 5.71. The second kappa shape index (κ2) is 6.79. The molecule has 26 heavy (non-hydrogen) atoms. The summed E-state index contributed by atoms with van der Waals surface area (Å²) in [6.45, 7) is 9.37. The van der Waals surface area contributed by atoms with Crippen LogP contribution in [0.15, 0.2) is 29.5 Å². The van der Waals surface area contributed by atoms with E-state index >= 15 is 0 Å². The van der Waals surface area contributed by atoms with E-state index in [2.05, 4.69) is 44.7 Å². The van der Waals surface area contributed by atoms with Gasteiger partial charge in [-0.3, -0.25) is 9.47 Å². The Hall–Kier alpha value is -2.28. The van der Waals surface area contributed by atoms with Crippen molar-refractivity contribution in [3.05, 3.63) is 46.5 Å². The van der Waals surface area contributed by atoms with Crippen molar-refractivity contribution in [1.82, 2.24) is 24.4 Å². The van der Waals surface area contributed by atoms with Gasteiger partial charge >= 0.3 is 5.69 Å². The van der Waals surface area contributed by atoms with Crippen molar-refractivity contribution in [1.29, 1.82) is 0 Å². The Kier molecular flexibility index (Phi) is 4.48. The van der Waals surface area contributed by atoms with Crippen molar-refractivity contribution in [3.8, 4) is 0 Å². The van der Waals surface area contributed by atoms with Crippen molar-refractivity contribution in [2.24, 2.45) is 18.9 Å². The van der Waals surface area contributed by atoms with Gasteiger partial charge in [0, 0.05) is 63.4 Å². The normalized spacial score (nSPS) is 23.0. The summed E-state index contributed by atoms with van der Waals surface area (Å²) < 4.78 is 1.65. The average Bonchev–Trinajstić information content (AvgIpc) is 3.17. The van der Waals surface area contributed by atoms with E-state index < -0.39 is 0 Å².